The van der Waals surface area contributed by atoms with E-state index in [9.17, 15) is 0 Å². The zero-order valence-electron chi connectivity index (χ0n) is 9.67. The molecule has 0 N–H and O–H groups in total. The summed E-state index contributed by atoms with van der Waals surface area (Å²) in [6, 6.07) is 2.09. The highest BCUT2D eigenvalue weighted by atomic mass is 14.7. The molecule has 1 aromatic rings. The summed E-state index contributed by atoms with van der Waals surface area (Å²) in [7, 11) is 0. The summed E-state index contributed by atoms with van der Waals surface area (Å²) in [5.41, 5.74) is 5.28. The summed E-state index contributed by atoms with van der Waals surface area (Å²) < 4.78 is 0. The lowest BCUT2D eigenvalue weighted by atomic mass is 10.00. The van der Waals surface area contributed by atoms with Crippen LogP contribution in [0.5, 0.6) is 0 Å². The molecule has 0 atom stereocenters. The van der Waals surface area contributed by atoms with Crippen molar-refractivity contribution in [2.75, 3.05) is 0 Å². The maximum absolute atomic E-state index is 4.44. The number of rotatable bonds is 3. The Bertz CT molecular complexity index is 425. The highest BCUT2D eigenvalue weighted by Gasteiger charge is 2.07. The van der Waals surface area contributed by atoms with Crippen LogP contribution < -0.4 is 0 Å². The van der Waals surface area contributed by atoms with Crippen molar-refractivity contribution in [2.45, 2.75) is 20.8 Å². The fourth-order valence-corrected chi connectivity index (χ4v) is 1.56. The van der Waals surface area contributed by atoms with Crippen molar-refractivity contribution in [1.82, 2.24) is 4.98 Å². The maximum Gasteiger partial charge on any atom is 0.0773 e. The molecule has 0 fully saturated rings. The Balaban J connectivity index is 3.36. The van der Waals surface area contributed by atoms with Crippen molar-refractivity contribution in [3.63, 3.8) is 0 Å². The van der Waals surface area contributed by atoms with Crippen molar-refractivity contribution in [3.05, 3.63) is 53.9 Å². The SMILES string of the molecule is C=Cc1cc(C)cnc1/C(=C/C)C(=C)C. The van der Waals surface area contributed by atoms with E-state index >= 15 is 0 Å². The number of hydrogen-bond donors (Lipinski definition) is 0. The van der Waals surface area contributed by atoms with Gasteiger partial charge in [0.15, 0.2) is 0 Å². The van der Waals surface area contributed by atoms with Gasteiger partial charge < -0.3 is 0 Å². The number of aromatic nitrogens is 1. The molecule has 0 saturated carbocycles. The van der Waals surface area contributed by atoms with Gasteiger partial charge >= 0.3 is 0 Å². The molecule has 0 aliphatic carbocycles. The number of aryl methyl sites for hydroxylation is 1. The first-order chi connectivity index (χ1) is 7.10. The molecule has 0 aromatic carbocycles. The second-order valence-electron chi connectivity index (χ2n) is 3.64. The first kappa shape index (κ1) is 11.4. The van der Waals surface area contributed by atoms with Crippen molar-refractivity contribution < 1.29 is 0 Å². The number of allylic oxidation sites excluding steroid dienone is 3. The Kier molecular flexibility index (Phi) is 3.62. The van der Waals surface area contributed by atoms with Crippen LogP contribution >= 0.6 is 0 Å². The van der Waals surface area contributed by atoms with E-state index < -0.39 is 0 Å². The molecule has 0 spiro atoms. The molecule has 1 nitrogen and oxygen atoms in total. The van der Waals surface area contributed by atoms with Gasteiger partial charge in [0.1, 0.15) is 0 Å². The minimum Gasteiger partial charge on any atom is -0.255 e. The van der Waals surface area contributed by atoms with E-state index in [0.717, 1.165) is 28.0 Å². The fourth-order valence-electron chi connectivity index (χ4n) is 1.56. The lowest BCUT2D eigenvalue weighted by Crippen LogP contribution is -1.95. The Morgan fingerprint density at radius 2 is 2.13 bits per heavy atom. The average Bonchev–Trinajstić information content (AvgIpc) is 2.20. The molecule has 1 rings (SSSR count). The topological polar surface area (TPSA) is 12.9 Å². The van der Waals surface area contributed by atoms with Gasteiger partial charge in [-0.2, -0.15) is 0 Å². The van der Waals surface area contributed by atoms with Crippen LogP contribution in [0.3, 0.4) is 0 Å². The zero-order valence-corrected chi connectivity index (χ0v) is 9.67. The monoisotopic (exact) mass is 199 g/mol. The summed E-state index contributed by atoms with van der Waals surface area (Å²) in [4.78, 5) is 4.44. The van der Waals surface area contributed by atoms with E-state index in [2.05, 4.69) is 24.2 Å². The van der Waals surface area contributed by atoms with Crippen LogP contribution in [0.4, 0.5) is 0 Å². The van der Waals surface area contributed by atoms with Gasteiger partial charge in [-0.3, -0.25) is 4.98 Å². The fraction of sp³-hybridized carbons (Fsp3) is 0.214. The molecular formula is C14H17N. The van der Waals surface area contributed by atoms with Crippen LogP contribution in [-0.2, 0) is 0 Å². The van der Waals surface area contributed by atoms with E-state index in [1.165, 1.54) is 0 Å². The van der Waals surface area contributed by atoms with Gasteiger partial charge in [-0.25, -0.2) is 0 Å². The Morgan fingerprint density at radius 1 is 1.47 bits per heavy atom. The van der Waals surface area contributed by atoms with Gasteiger partial charge in [-0.15, -0.1) is 0 Å². The molecule has 1 heterocycles. The molecule has 0 saturated heterocycles. The van der Waals surface area contributed by atoms with Crippen LogP contribution in [0, 0.1) is 6.92 Å². The summed E-state index contributed by atoms with van der Waals surface area (Å²) >= 11 is 0. The quantitative estimate of drug-likeness (QED) is 0.670. The Labute approximate surface area is 91.9 Å². The van der Waals surface area contributed by atoms with Crippen LogP contribution in [0.1, 0.15) is 30.7 Å². The lowest BCUT2D eigenvalue weighted by molar-refractivity contribution is 1.21. The molecule has 0 bridgehead atoms. The van der Waals surface area contributed by atoms with Gasteiger partial charge in [0.25, 0.3) is 0 Å². The standard InChI is InChI=1S/C14H17N/c1-6-12-8-11(5)9-15-14(12)13(7-2)10(3)4/h6-9H,1,3H2,2,4-5H3/b13-7+. The molecule has 1 heteroatoms. The highest BCUT2D eigenvalue weighted by Crippen LogP contribution is 2.24. The molecule has 0 aliphatic rings. The van der Waals surface area contributed by atoms with Gasteiger partial charge in [-0.05, 0) is 43.5 Å². The second-order valence-corrected chi connectivity index (χ2v) is 3.64. The molecule has 0 aliphatic heterocycles. The predicted molar refractivity (Wildman–Crippen MR) is 67.5 cm³/mol. The van der Waals surface area contributed by atoms with Crippen LogP contribution in [0.2, 0.25) is 0 Å². The van der Waals surface area contributed by atoms with Crippen LogP contribution in [0.15, 0.2) is 37.1 Å². The van der Waals surface area contributed by atoms with Crippen molar-refractivity contribution in [3.8, 4) is 0 Å². The number of hydrogen-bond acceptors (Lipinski definition) is 1. The van der Waals surface area contributed by atoms with Gasteiger partial charge in [0, 0.05) is 11.8 Å². The van der Waals surface area contributed by atoms with Gasteiger partial charge in [0.05, 0.1) is 5.69 Å². The van der Waals surface area contributed by atoms with Crippen molar-refractivity contribution in [1.29, 1.82) is 0 Å². The summed E-state index contributed by atoms with van der Waals surface area (Å²) in [6.45, 7) is 13.8. The lowest BCUT2D eigenvalue weighted by Gasteiger charge is -2.09. The molecule has 15 heavy (non-hydrogen) atoms. The molecule has 0 unspecified atom stereocenters. The molecule has 0 radical (unpaired) electrons. The first-order valence-corrected chi connectivity index (χ1v) is 5.01. The van der Waals surface area contributed by atoms with Crippen molar-refractivity contribution >= 4 is 11.6 Å². The van der Waals surface area contributed by atoms with Crippen LogP contribution in [-0.4, -0.2) is 4.98 Å². The minimum absolute atomic E-state index is 0.964. The zero-order chi connectivity index (χ0) is 11.4. The van der Waals surface area contributed by atoms with E-state index in [1.807, 2.05) is 39.1 Å². The third kappa shape index (κ3) is 2.44. The van der Waals surface area contributed by atoms with Crippen LogP contribution in [0.25, 0.3) is 11.6 Å². The number of pyridine rings is 1. The highest BCUT2D eigenvalue weighted by molar-refractivity contribution is 5.80. The molecule has 78 valence electrons. The van der Waals surface area contributed by atoms with E-state index in [4.69, 9.17) is 0 Å². The second kappa shape index (κ2) is 4.74. The van der Waals surface area contributed by atoms with E-state index in [0.29, 0.717) is 0 Å². The summed E-state index contributed by atoms with van der Waals surface area (Å²) in [5, 5.41) is 0. The first-order valence-electron chi connectivity index (χ1n) is 5.01. The molecular weight excluding hydrogens is 182 g/mol. The predicted octanol–water partition coefficient (Wildman–Crippen LogP) is 4.01. The molecule has 1 aromatic heterocycles. The Morgan fingerprint density at radius 3 is 2.60 bits per heavy atom. The largest absolute Gasteiger partial charge is 0.255 e. The van der Waals surface area contributed by atoms with Crippen molar-refractivity contribution in [2.24, 2.45) is 0 Å². The average molecular weight is 199 g/mol. The normalized spacial score (nSPS) is 11.3. The van der Waals surface area contributed by atoms with E-state index in [-0.39, 0.29) is 0 Å². The molecule has 0 amide bonds. The van der Waals surface area contributed by atoms with Gasteiger partial charge in [-0.1, -0.05) is 25.3 Å². The Hall–Kier alpha value is -1.63. The van der Waals surface area contributed by atoms with Gasteiger partial charge in [0.2, 0.25) is 0 Å². The third-order valence-electron chi connectivity index (χ3n) is 2.28. The summed E-state index contributed by atoms with van der Waals surface area (Å²) in [6.07, 6.45) is 5.74. The maximum atomic E-state index is 4.44. The third-order valence-corrected chi connectivity index (χ3v) is 2.28. The summed E-state index contributed by atoms with van der Waals surface area (Å²) in [5.74, 6) is 0. The smallest absolute Gasteiger partial charge is 0.0773 e. The van der Waals surface area contributed by atoms with E-state index in [1.54, 1.807) is 0 Å². The minimum atomic E-state index is 0.964. The number of nitrogens with zero attached hydrogens (tertiary/aromatic N) is 1.